The van der Waals surface area contributed by atoms with Crippen molar-refractivity contribution >= 4 is 17.7 Å². The predicted molar refractivity (Wildman–Crippen MR) is 115 cm³/mol. The zero-order valence-corrected chi connectivity index (χ0v) is 18.5. The number of benzene rings is 3. The minimum absolute atomic E-state index is 0.0898. The summed E-state index contributed by atoms with van der Waals surface area (Å²) in [6.45, 7) is 3.23. The molecule has 34 heavy (non-hydrogen) atoms. The molecule has 0 N–H and O–H groups in total. The summed E-state index contributed by atoms with van der Waals surface area (Å²) in [6, 6.07) is 14.9. The first-order chi connectivity index (χ1) is 16.2. The largest absolute Gasteiger partial charge is 0.402 e. The van der Waals surface area contributed by atoms with Gasteiger partial charge in [-0.3, -0.25) is 0 Å². The Morgan fingerprint density at radius 1 is 0.824 bits per heavy atom. The van der Waals surface area contributed by atoms with E-state index in [1.54, 1.807) is 55.5 Å². The van der Waals surface area contributed by atoms with Crippen LogP contribution in [0.3, 0.4) is 0 Å². The molecule has 0 aliphatic rings. The number of carbonyl (C=O) groups is 1. The summed E-state index contributed by atoms with van der Waals surface area (Å²) in [6.07, 6.45) is 0. The minimum atomic E-state index is -2.26. The highest BCUT2D eigenvalue weighted by Crippen LogP contribution is 2.42. The number of rotatable bonds is 5. The molecule has 0 spiro atoms. The molecule has 0 bridgehead atoms. The summed E-state index contributed by atoms with van der Waals surface area (Å²) in [4.78, 5) is 11.6. The molecule has 1 aromatic heterocycles. The zero-order chi connectivity index (χ0) is 24.6. The number of nitrogens with zero attached hydrogens (tertiary/aromatic N) is 2. The Hall–Kier alpha value is -3.66. The second-order valence-corrected chi connectivity index (χ2v) is 8.25. The molecule has 0 saturated carbocycles. The van der Waals surface area contributed by atoms with Gasteiger partial charge in [-0.1, -0.05) is 47.7 Å². The molecule has 4 rings (SSSR count). The van der Waals surface area contributed by atoms with Crippen LogP contribution in [0.15, 0.2) is 64.4 Å². The average Bonchev–Trinajstić information content (AvgIpc) is 3.14. The Labute approximate surface area is 195 Å². The number of para-hydroxylation sites is 1. The molecule has 174 valence electrons. The third kappa shape index (κ3) is 4.28. The first kappa shape index (κ1) is 23.5. The first-order valence-corrected chi connectivity index (χ1v) is 10.6. The van der Waals surface area contributed by atoms with Gasteiger partial charge in [0.05, 0.1) is 26.7 Å². The number of carbonyl (C=O) groups excluding carboxylic acids is 1. The molecule has 0 aliphatic heterocycles. The van der Waals surface area contributed by atoms with Crippen LogP contribution >= 0.6 is 11.8 Å². The van der Waals surface area contributed by atoms with E-state index < -0.39 is 40.0 Å². The van der Waals surface area contributed by atoms with Crippen LogP contribution in [0.25, 0.3) is 5.69 Å². The molecule has 10 heteroatoms. The van der Waals surface area contributed by atoms with E-state index in [4.69, 9.17) is 4.74 Å². The van der Waals surface area contributed by atoms with Crippen molar-refractivity contribution in [3.8, 4) is 11.6 Å². The molecule has 0 amide bonds. The van der Waals surface area contributed by atoms with Gasteiger partial charge in [0, 0.05) is 0 Å². The zero-order valence-electron chi connectivity index (χ0n) is 17.7. The van der Waals surface area contributed by atoms with Gasteiger partial charge in [-0.25, -0.2) is 26.7 Å². The Morgan fingerprint density at radius 2 is 1.44 bits per heavy atom. The van der Waals surface area contributed by atoms with Crippen molar-refractivity contribution in [2.75, 3.05) is 0 Å². The van der Waals surface area contributed by atoms with E-state index in [-0.39, 0.29) is 33.8 Å². The molecule has 0 atom stereocenters. The van der Waals surface area contributed by atoms with Crippen molar-refractivity contribution in [1.29, 1.82) is 0 Å². The molecule has 4 nitrogen and oxygen atoms in total. The van der Waals surface area contributed by atoms with Gasteiger partial charge in [0.15, 0.2) is 23.3 Å². The number of hydrogen-bond donors (Lipinski definition) is 0. The summed E-state index contributed by atoms with van der Waals surface area (Å²) in [5, 5.41) is 4.28. The number of hydrogen-bond acceptors (Lipinski definition) is 4. The highest BCUT2D eigenvalue weighted by molar-refractivity contribution is 7.99. The topological polar surface area (TPSA) is 44.1 Å². The summed E-state index contributed by atoms with van der Waals surface area (Å²) >= 11 is 0.230. The van der Waals surface area contributed by atoms with Crippen LogP contribution < -0.4 is 4.74 Å². The monoisotopic (exact) mass is 490 g/mol. The van der Waals surface area contributed by atoms with Crippen LogP contribution in [0.1, 0.15) is 21.6 Å². The molecule has 0 unspecified atom stereocenters. The normalized spacial score (nSPS) is 11.0. The number of aromatic nitrogens is 2. The van der Waals surface area contributed by atoms with Crippen molar-refractivity contribution in [1.82, 2.24) is 9.78 Å². The second kappa shape index (κ2) is 9.30. The average molecular weight is 490 g/mol. The van der Waals surface area contributed by atoms with Crippen LogP contribution in [0.4, 0.5) is 22.0 Å². The van der Waals surface area contributed by atoms with E-state index in [2.05, 4.69) is 5.10 Å². The van der Waals surface area contributed by atoms with Gasteiger partial charge in [0.1, 0.15) is 0 Å². The Morgan fingerprint density at radius 3 is 2.06 bits per heavy atom. The lowest BCUT2D eigenvalue weighted by Crippen LogP contribution is -2.12. The lowest BCUT2D eigenvalue weighted by Gasteiger charge is -2.12. The molecule has 0 fully saturated rings. The fourth-order valence-electron chi connectivity index (χ4n) is 3.14. The van der Waals surface area contributed by atoms with Gasteiger partial charge in [-0.15, -0.1) is 0 Å². The Balaban J connectivity index is 1.86. The van der Waals surface area contributed by atoms with E-state index >= 15 is 0 Å². The Kier molecular flexibility index (Phi) is 6.43. The smallest absolute Gasteiger partial charge is 0.344 e. The summed E-state index contributed by atoms with van der Waals surface area (Å²) in [5.41, 5.74) is 1.58. The van der Waals surface area contributed by atoms with Crippen molar-refractivity contribution < 1.29 is 31.5 Å². The molecule has 1 heterocycles. The summed E-state index contributed by atoms with van der Waals surface area (Å²) < 4.78 is 76.6. The standard InChI is InChI=1S/C24H15F5N2O2S/c1-12-7-6-8-14(11-12)24(32)33-23-21(13(2)30-31(23)15-9-4-3-5-10-15)34-22-19(28)17(26)16(25)18(27)20(22)29/h3-11H,1-2H3. The fraction of sp³-hybridized carbons (Fsp3) is 0.0833. The maximum Gasteiger partial charge on any atom is 0.344 e. The van der Waals surface area contributed by atoms with Crippen LogP contribution in [-0.4, -0.2) is 15.7 Å². The van der Waals surface area contributed by atoms with E-state index in [1.807, 2.05) is 0 Å². The van der Waals surface area contributed by atoms with E-state index in [0.717, 1.165) is 5.56 Å². The molecular weight excluding hydrogens is 475 g/mol. The first-order valence-electron chi connectivity index (χ1n) is 9.82. The molecule has 4 aromatic rings. The van der Waals surface area contributed by atoms with Gasteiger partial charge < -0.3 is 4.74 Å². The fourth-order valence-corrected chi connectivity index (χ4v) is 4.10. The van der Waals surface area contributed by atoms with Gasteiger partial charge in [-0.05, 0) is 38.1 Å². The van der Waals surface area contributed by atoms with Crippen LogP contribution in [0.5, 0.6) is 5.88 Å². The third-order valence-corrected chi connectivity index (χ3v) is 6.02. The van der Waals surface area contributed by atoms with Crippen molar-refractivity contribution in [3.05, 3.63) is 101 Å². The molecule has 0 saturated heterocycles. The third-order valence-electron chi connectivity index (χ3n) is 4.78. The van der Waals surface area contributed by atoms with Crippen molar-refractivity contribution in [3.63, 3.8) is 0 Å². The van der Waals surface area contributed by atoms with E-state index in [9.17, 15) is 26.7 Å². The van der Waals surface area contributed by atoms with E-state index in [0.29, 0.717) is 5.69 Å². The van der Waals surface area contributed by atoms with Gasteiger partial charge in [-0.2, -0.15) is 9.78 Å². The van der Waals surface area contributed by atoms with Crippen LogP contribution in [0, 0.1) is 42.9 Å². The summed E-state index contributed by atoms with van der Waals surface area (Å²) in [7, 11) is 0. The van der Waals surface area contributed by atoms with Gasteiger partial charge >= 0.3 is 5.97 Å². The van der Waals surface area contributed by atoms with Crippen LogP contribution in [-0.2, 0) is 0 Å². The number of esters is 1. The maximum atomic E-state index is 14.4. The van der Waals surface area contributed by atoms with Crippen molar-refractivity contribution in [2.24, 2.45) is 0 Å². The quantitative estimate of drug-likeness (QED) is 0.138. The lowest BCUT2D eigenvalue weighted by atomic mass is 10.1. The minimum Gasteiger partial charge on any atom is -0.402 e. The predicted octanol–water partition coefficient (Wildman–Crippen LogP) is 6.56. The SMILES string of the molecule is Cc1cccc(C(=O)Oc2c(Sc3c(F)c(F)c(F)c(F)c3F)c(C)nn2-c2ccccc2)c1. The second-order valence-electron chi connectivity index (χ2n) is 7.23. The molecule has 0 aliphatic carbocycles. The molecule has 0 radical (unpaired) electrons. The highest BCUT2D eigenvalue weighted by Gasteiger charge is 2.30. The maximum absolute atomic E-state index is 14.4. The number of ether oxygens (including phenoxy) is 1. The molecular formula is C24H15F5N2O2S. The Bertz CT molecular complexity index is 1380. The van der Waals surface area contributed by atoms with Gasteiger partial charge in [0.2, 0.25) is 11.7 Å². The highest BCUT2D eigenvalue weighted by atomic mass is 32.2. The van der Waals surface area contributed by atoms with Crippen molar-refractivity contribution in [2.45, 2.75) is 23.6 Å². The van der Waals surface area contributed by atoms with E-state index in [1.165, 1.54) is 17.7 Å². The molecule has 3 aromatic carbocycles. The summed E-state index contributed by atoms with van der Waals surface area (Å²) in [5.74, 6) is -11.4. The number of halogens is 5. The van der Waals surface area contributed by atoms with Crippen LogP contribution in [0.2, 0.25) is 0 Å². The lowest BCUT2D eigenvalue weighted by molar-refractivity contribution is 0.0718. The van der Waals surface area contributed by atoms with Gasteiger partial charge in [0.25, 0.3) is 0 Å². The number of aryl methyl sites for hydroxylation is 2.